The average Bonchev–Trinajstić information content (AvgIpc) is 1.98. The van der Waals surface area contributed by atoms with Crippen molar-refractivity contribution in [1.82, 2.24) is 4.90 Å². The van der Waals surface area contributed by atoms with Gasteiger partial charge in [-0.1, -0.05) is 12.5 Å². The molecule has 0 radical (unpaired) electrons. The number of nitrogens with zero attached hydrogens (tertiary/aromatic N) is 1. The molecule has 0 aliphatic heterocycles. The zero-order chi connectivity index (χ0) is 8.85. The van der Waals surface area contributed by atoms with Gasteiger partial charge in [-0.2, -0.15) is 0 Å². The van der Waals surface area contributed by atoms with Gasteiger partial charge < -0.3 is 4.90 Å². The van der Waals surface area contributed by atoms with Gasteiger partial charge in [-0.05, 0) is 6.92 Å². The zero-order valence-corrected chi connectivity index (χ0v) is 6.43. The number of rotatable bonds is 3. The maximum Gasteiger partial charge on any atom is 0.282 e. The number of hydrogen-bond donors (Lipinski definition) is 0. The number of likely N-dealkylation sites (N-methyl/N-ethyl adjacent to an activating group) is 1. The highest BCUT2D eigenvalue weighted by Gasteiger charge is 2.12. The molecule has 3 heteroatoms. The lowest BCUT2D eigenvalue weighted by Crippen LogP contribution is -2.31. The summed E-state index contributed by atoms with van der Waals surface area (Å²) in [5.74, 6) is 0.550. The van der Waals surface area contributed by atoms with Gasteiger partial charge in [-0.3, -0.25) is 4.79 Å². The maximum absolute atomic E-state index is 12.2. The molecule has 0 aromatic heterocycles. The predicted molar refractivity (Wildman–Crippen MR) is 41.3 cm³/mol. The fourth-order valence-corrected chi connectivity index (χ4v) is 0.609. The molecule has 0 atom stereocenters. The fraction of sp³-hybridized carbons (Fsp3) is 0.375. The molecule has 1 amide bonds. The first-order valence-electron chi connectivity index (χ1n) is 3.20. The largest absolute Gasteiger partial charge is 0.326 e. The van der Waals surface area contributed by atoms with Crippen LogP contribution in [0.1, 0.15) is 6.92 Å². The van der Waals surface area contributed by atoms with E-state index in [1.54, 1.807) is 6.92 Å². The van der Waals surface area contributed by atoms with E-state index in [-0.39, 0.29) is 6.54 Å². The summed E-state index contributed by atoms with van der Waals surface area (Å²) in [7, 11) is 0. The van der Waals surface area contributed by atoms with Crippen molar-refractivity contribution in [1.29, 1.82) is 0 Å². The SMILES string of the molecule is C#CCN(CC)C(=O)C(=C)F. The standard InChI is InChI=1S/C8H10FNO/c1-4-6-10(5-2)8(11)7(3)9/h1H,3,5-6H2,2H3. The van der Waals surface area contributed by atoms with Crippen LogP contribution in [0.2, 0.25) is 0 Å². The smallest absolute Gasteiger partial charge is 0.282 e. The third-order valence-corrected chi connectivity index (χ3v) is 1.18. The van der Waals surface area contributed by atoms with Crippen LogP contribution in [0, 0.1) is 12.3 Å². The van der Waals surface area contributed by atoms with Gasteiger partial charge in [0.1, 0.15) is 0 Å². The minimum absolute atomic E-state index is 0.123. The Morgan fingerprint density at radius 1 is 1.82 bits per heavy atom. The minimum Gasteiger partial charge on any atom is -0.326 e. The Kier molecular flexibility index (Phi) is 3.97. The molecule has 0 unspecified atom stereocenters. The van der Waals surface area contributed by atoms with Crippen molar-refractivity contribution in [2.75, 3.05) is 13.1 Å². The summed E-state index contributed by atoms with van der Waals surface area (Å²) in [4.78, 5) is 12.0. The van der Waals surface area contributed by atoms with Gasteiger partial charge >= 0.3 is 0 Å². The van der Waals surface area contributed by atoms with E-state index in [1.807, 2.05) is 0 Å². The number of amides is 1. The van der Waals surface area contributed by atoms with Gasteiger partial charge in [0, 0.05) is 6.54 Å². The lowest BCUT2D eigenvalue weighted by atomic mass is 10.4. The van der Waals surface area contributed by atoms with Crippen molar-refractivity contribution >= 4 is 5.91 Å². The van der Waals surface area contributed by atoms with Crippen molar-refractivity contribution in [2.45, 2.75) is 6.92 Å². The van der Waals surface area contributed by atoms with E-state index in [1.165, 1.54) is 4.90 Å². The number of carbonyl (C=O) groups excluding carboxylic acids is 1. The monoisotopic (exact) mass is 155 g/mol. The number of halogens is 1. The van der Waals surface area contributed by atoms with Gasteiger partial charge in [-0.25, -0.2) is 4.39 Å². The van der Waals surface area contributed by atoms with Crippen LogP contribution in [0.4, 0.5) is 4.39 Å². The average molecular weight is 155 g/mol. The highest BCUT2D eigenvalue weighted by Crippen LogP contribution is 1.99. The molecule has 0 aliphatic carbocycles. The van der Waals surface area contributed by atoms with Crippen LogP contribution in [0.15, 0.2) is 12.4 Å². The Bertz CT molecular complexity index is 205. The summed E-state index contributed by atoms with van der Waals surface area (Å²) in [6, 6.07) is 0. The molecule has 2 nitrogen and oxygen atoms in total. The van der Waals surface area contributed by atoms with Crippen molar-refractivity contribution in [3.05, 3.63) is 12.4 Å². The molecule has 11 heavy (non-hydrogen) atoms. The van der Waals surface area contributed by atoms with Gasteiger partial charge in [0.2, 0.25) is 0 Å². The van der Waals surface area contributed by atoms with Gasteiger partial charge in [0.05, 0.1) is 6.54 Å². The first kappa shape index (κ1) is 9.70. The molecule has 0 saturated heterocycles. The van der Waals surface area contributed by atoms with Crippen LogP contribution < -0.4 is 0 Å². The second-order valence-corrected chi connectivity index (χ2v) is 1.93. The Morgan fingerprint density at radius 3 is 2.64 bits per heavy atom. The summed E-state index contributed by atoms with van der Waals surface area (Å²) in [5.41, 5.74) is 0. The van der Waals surface area contributed by atoms with Gasteiger partial charge in [-0.15, -0.1) is 6.42 Å². The first-order valence-corrected chi connectivity index (χ1v) is 3.20. The van der Waals surface area contributed by atoms with E-state index in [4.69, 9.17) is 6.42 Å². The molecule has 0 spiro atoms. The molecule has 0 aliphatic rings. The summed E-state index contributed by atoms with van der Waals surface area (Å²) < 4.78 is 12.2. The van der Waals surface area contributed by atoms with Crippen molar-refractivity contribution in [3.63, 3.8) is 0 Å². The molecule has 0 N–H and O–H groups in total. The second-order valence-electron chi connectivity index (χ2n) is 1.93. The summed E-state index contributed by atoms with van der Waals surface area (Å²) in [6.07, 6.45) is 4.95. The molecule has 0 bridgehead atoms. The van der Waals surface area contributed by atoms with E-state index in [0.717, 1.165) is 0 Å². The van der Waals surface area contributed by atoms with Crippen LogP contribution in [-0.4, -0.2) is 23.9 Å². The van der Waals surface area contributed by atoms with E-state index < -0.39 is 11.7 Å². The Balaban J connectivity index is 4.16. The van der Waals surface area contributed by atoms with Crippen LogP contribution in [0.25, 0.3) is 0 Å². The summed E-state index contributed by atoms with van der Waals surface area (Å²) in [6.45, 7) is 5.12. The minimum atomic E-state index is -0.970. The molecule has 60 valence electrons. The molecule has 0 rings (SSSR count). The summed E-state index contributed by atoms with van der Waals surface area (Å²) in [5, 5.41) is 0. The Morgan fingerprint density at radius 2 is 2.36 bits per heavy atom. The molecule has 0 fully saturated rings. The predicted octanol–water partition coefficient (Wildman–Crippen LogP) is 0.951. The van der Waals surface area contributed by atoms with Crippen LogP contribution >= 0.6 is 0 Å². The van der Waals surface area contributed by atoms with E-state index in [9.17, 15) is 9.18 Å². The lowest BCUT2D eigenvalue weighted by molar-refractivity contribution is -0.127. The van der Waals surface area contributed by atoms with Gasteiger partial charge in [0.15, 0.2) is 5.83 Å². The lowest BCUT2D eigenvalue weighted by Gasteiger charge is -2.15. The number of hydrogen-bond acceptors (Lipinski definition) is 1. The van der Waals surface area contributed by atoms with Crippen LogP contribution in [0.5, 0.6) is 0 Å². The highest BCUT2D eigenvalue weighted by atomic mass is 19.1. The van der Waals surface area contributed by atoms with Crippen molar-refractivity contribution in [2.24, 2.45) is 0 Å². The van der Waals surface area contributed by atoms with Gasteiger partial charge in [0.25, 0.3) is 5.91 Å². The van der Waals surface area contributed by atoms with E-state index in [0.29, 0.717) is 6.54 Å². The zero-order valence-electron chi connectivity index (χ0n) is 6.43. The second kappa shape index (κ2) is 4.51. The van der Waals surface area contributed by atoms with E-state index in [2.05, 4.69) is 12.5 Å². The highest BCUT2D eigenvalue weighted by molar-refractivity contribution is 5.90. The Labute approximate surface area is 65.7 Å². The van der Waals surface area contributed by atoms with Crippen LogP contribution in [0.3, 0.4) is 0 Å². The van der Waals surface area contributed by atoms with E-state index >= 15 is 0 Å². The van der Waals surface area contributed by atoms with Crippen LogP contribution in [-0.2, 0) is 4.79 Å². The number of terminal acetylenes is 1. The normalized spacial score (nSPS) is 8.45. The van der Waals surface area contributed by atoms with Crippen molar-refractivity contribution < 1.29 is 9.18 Å². The molecule has 0 aromatic carbocycles. The maximum atomic E-state index is 12.2. The third-order valence-electron chi connectivity index (χ3n) is 1.18. The fourth-order valence-electron chi connectivity index (χ4n) is 0.609. The summed E-state index contributed by atoms with van der Waals surface area (Å²) >= 11 is 0. The third kappa shape index (κ3) is 2.85. The number of carbonyl (C=O) groups is 1. The van der Waals surface area contributed by atoms with Crippen molar-refractivity contribution in [3.8, 4) is 12.3 Å². The molecular weight excluding hydrogens is 145 g/mol. The Hall–Kier alpha value is -1.30. The topological polar surface area (TPSA) is 20.3 Å². The molecule has 0 aromatic rings. The first-order chi connectivity index (χ1) is 5.13. The molecular formula is C8H10FNO. The molecule has 0 saturated carbocycles. The molecule has 0 heterocycles. The quantitative estimate of drug-likeness (QED) is 0.439.